The molecule has 3 nitrogen and oxygen atoms in total. The molecule has 0 aliphatic heterocycles. The van der Waals surface area contributed by atoms with Crippen LogP contribution in [0.5, 0.6) is 0 Å². The summed E-state index contributed by atoms with van der Waals surface area (Å²) in [4.78, 5) is 2.41. The predicted octanol–water partition coefficient (Wildman–Crippen LogP) is 1.86. The highest BCUT2D eigenvalue weighted by molar-refractivity contribution is 4.82. The Kier molecular flexibility index (Phi) is 7.14. The fourth-order valence-corrected chi connectivity index (χ4v) is 1.51. The van der Waals surface area contributed by atoms with Crippen molar-refractivity contribution in [3.05, 3.63) is 0 Å². The first-order valence-electron chi connectivity index (χ1n) is 6.00. The van der Waals surface area contributed by atoms with Gasteiger partial charge in [0.2, 0.25) is 0 Å². The van der Waals surface area contributed by atoms with Crippen LogP contribution >= 0.6 is 0 Å². The summed E-state index contributed by atoms with van der Waals surface area (Å²) in [5.74, 6) is 0. The molecular weight excluding hydrogens is 188 g/mol. The van der Waals surface area contributed by atoms with Gasteiger partial charge in [0.1, 0.15) is 0 Å². The van der Waals surface area contributed by atoms with Gasteiger partial charge in [0.05, 0.1) is 12.7 Å². The maximum atomic E-state index is 5.79. The van der Waals surface area contributed by atoms with Crippen molar-refractivity contribution in [3.8, 4) is 0 Å². The van der Waals surface area contributed by atoms with E-state index in [0.717, 1.165) is 26.1 Å². The first-order chi connectivity index (χ1) is 6.94. The number of ether oxygens (including phenoxy) is 1. The fourth-order valence-electron chi connectivity index (χ4n) is 1.51. The molecule has 2 N–H and O–H groups in total. The maximum Gasteiger partial charge on any atom is 0.0597 e. The monoisotopic (exact) mass is 216 g/mol. The molecule has 0 rings (SSSR count). The summed E-state index contributed by atoms with van der Waals surface area (Å²) < 4.78 is 5.58. The lowest BCUT2D eigenvalue weighted by Gasteiger charge is -2.37. The zero-order chi connectivity index (χ0) is 11.9. The second kappa shape index (κ2) is 7.20. The van der Waals surface area contributed by atoms with E-state index in [1.807, 2.05) is 0 Å². The molecule has 3 heteroatoms. The van der Waals surface area contributed by atoms with Crippen LogP contribution in [0.15, 0.2) is 0 Å². The molecular formula is C12H28N2O. The van der Waals surface area contributed by atoms with Gasteiger partial charge < -0.3 is 10.5 Å². The van der Waals surface area contributed by atoms with Gasteiger partial charge in [-0.05, 0) is 40.7 Å². The summed E-state index contributed by atoms with van der Waals surface area (Å²) in [6, 6.07) is 0. The normalized spacial score (nSPS) is 12.8. The fraction of sp³-hybridized carbons (Fsp3) is 1.00. The molecule has 15 heavy (non-hydrogen) atoms. The lowest BCUT2D eigenvalue weighted by atomic mass is 10.0. The van der Waals surface area contributed by atoms with E-state index in [4.69, 9.17) is 10.5 Å². The van der Waals surface area contributed by atoms with Crippen LogP contribution in [0.1, 0.15) is 41.0 Å². The quantitative estimate of drug-likeness (QED) is 0.673. The third kappa shape index (κ3) is 6.13. The van der Waals surface area contributed by atoms with Gasteiger partial charge in [-0.2, -0.15) is 0 Å². The molecule has 0 amide bonds. The van der Waals surface area contributed by atoms with Gasteiger partial charge in [0.15, 0.2) is 0 Å². The third-order valence-electron chi connectivity index (χ3n) is 2.66. The highest BCUT2D eigenvalue weighted by Gasteiger charge is 2.23. The Labute approximate surface area is 95.0 Å². The van der Waals surface area contributed by atoms with E-state index in [2.05, 4.69) is 39.5 Å². The predicted molar refractivity (Wildman–Crippen MR) is 66.1 cm³/mol. The van der Waals surface area contributed by atoms with Crippen molar-refractivity contribution in [1.82, 2.24) is 4.90 Å². The summed E-state index contributed by atoms with van der Waals surface area (Å²) in [6.07, 6.45) is 1.47. The number of rotatable bonds is 8. The van der Waals surface area contributed by atoms with Gasteiger partial charge in [-0.15, -0.1) is 0 Å². The van der Waals surface area contributed by atoms with E-state index in [1.165, 1.54) is 0 Å². The Bertz CT molecular complexity index is 158. The average molecular weight is 216 g/mol. The van der Waals surface area contributed by atoms with Gasteiger partial charge in [-0.25, -0.2) is 0 Å². The second-order valence-corrected chi connectivity index (χ2v) is 4.92. The summed E-state index contributed by atoms with van der Waals surface area (Å²) in [7, 11) is 0. The van der Waals surface area contributed by atoms with Gasteiger partial charge >= 0.3 is 0 Å². The van der Waals surface area contributed by atoms with Gasteiger partial charge in [-0.3, -0.25) is 4.90 Å². The van der Waals surface area contributed by atoms with E-state index in [0.29, 0.717) is 12.6 Å². The molecule has 0 radical (unpaired) electrons. The van der Waals surface area contributed by atoms with E-state index >= 15 is 0 Å². The Balaban J connectivity index is 4.04. The highest BCUT2D eigenvalue weighted by atomic mass is 16.5. The molecule has 92 valence electrons. The zero-order valence-corrected chi connectivity index (χ0v) is 11.0. The first-order valence-corrected chi connectivity index (χ1v) is 6.00. The molecule has 0 bridgehead atoms. The average Bonchev–Trinajstić information content (AvgIpc) is 2.16. The highest BCUT2D eigenvalue weighted by Crippen LogP contribution is 2.12. The summed E-state index contributed by atoms with van der Waals surface area (Å²) in [5.41, 5.74) is 5.87. The Morgan fingerprint density at radius 3 is 2.27 bits per heavy atom. The summed E-state index contributed by atoms with van der Waals surface area (Å²) in [6.45, 7) is 14.3. The summed E-state index contributed by atoms with van der Waals surface area (Å²) >= 11 is 0. The van der Waals surface area contributed by atoms with Gasteiger partial charge in [-0.1, -0.05) is 6.92 Å². The smallest absolute Gasteiger partial charge is 0.0597 e. The Morgan fingerprint density at radius 1 is 1.27 bits per heavy atom. The number of hydrogen-bond donors (Lipinski definition) is 1. The van der Waals surface area contributed by atoms with E-state index in [-0.39, 0.29) is 5.54 Å². The van der Waals surface area contributed by atoms with Crippen molar-refractivity contribution in [2.24, 2.45) is 5.73 Å². The molecule has 0 unspecified atom stereocenters. The molecule has 0 aliphatic carbocycles. The molecule has 0 spiro atoms. The van der Waals surface area contributed by atoms with Crippen LogP contribution in [0.4, 0.5) is 0 Å². The minimum absolute atomic E-state index is 0.0797. The van der Waals surface area contributed by atoms with E-state index < -0.39 is 0 Å². The van der Waals surface area contributed by atoms with Crippen molar-refractivity contribution in [3.63, 3.8) is 0 Å². The summed E-state index contributed by atoms with van der Waals surface area (Å²) in [5, 5.41) is 0. The van der Waals surface area contributed by atoms with Crippen LogP contribution in [0.2, 0.25) is 0 Å². The van der Waals surface area contributed by atoms with E-state index in [9.17, 15) is 0 Å². The lowest BCUT2D eigenvalue weighted by Crippen LogP contribution is -2.50. The van der Waals surface area contributed by atoms with Gasteiger partial charge in [0, 0.05) is 18.6 Å². The minimum atomic E-state index is 0.0797. The maximum absolute atomic E-state index is 5.79. The van der Waals surface area contributed by atoms with Crippen molar-refractivity contribution < 1.29 is 4.74 Å². The molecule has 0 heterocycles. The lowest BCUT2D eigenvalue weighted by molar-refractivity contribution is 0.0328. The van der Waals surface area contributed by atoms with Crippen LogP contribution in [0, 0.1) is 0 Å². The Hall–Kier alpha value is -0.120. The molecule has 0 atom stereocenters. The second-order valence-electron chi connectivity index (χ2n) is 4.92. The molecule has 0 saturated carbocycles. The van der Waals surface area contributed by atoms with Crippen molar-refractivity contribution >= 4 is 0 Å². The molecule has 0 aliphatic rings. The van der Waals surface area contributed by atoms with Crippen LogP contribution in [0.25, 0.3) is 0 Å². The SMILES string of the molecule is CCCN(CCOC(C)C)C(C)(C)CN. The number of hydrogen-bond acceptors (Lipinski definition) is 3. The minimum Gasteiger partial charge on any atom is -0.377 e. The molecule has 0 aromatic heterocycles. The standard InChI is InChI=1S/C12H28N2O/c1-6-7-14(12(4,5)10-13)8-9-15-11(2)3/h11H,6-10,13H2,1-5H3. The van der Waals surface area contributed by atoms with Crippen LogP contribution in [-0.4, -0.2) is 42.8 Å². The van der Waals surface area contributed by atoms with Crippen molar-refractivity contribution in [2.75, 3.05) is 26.2 Å². The van der Waals surface area contributed by atoms with Crippen LogP contribution in [0.3, 0.4) is 0 Å². The molecule has 0 fully saturated rings. The van der Waals surface area contributed by atoms with Crippen molar-refractivity contribution in [1.29, 1.82) is 0 Å². The molecule has 0 aromatic carbocycles. The third-order valence-corrected chi connectivity index (χ3v) is 2.66. The van der Waals surface area contributed by atoms with Gasteiger partial charge in [0.25, 0.3) is 0 Å². The number of nitrogens with zero attached hydrogens (tertiary/aromatic N) is 1. The largest absolute Gasteiger partial charge is 0.377 e. The first kappa shape index (κ1) is 14.9. The zero-order valence-electron chi connectivity index (χ0n) is 11.0. The Morgan fingerprint density at radius 2 is 1.87 bits per heavy atom. The topological polar surface area (TPSA) is 38.5 Å². The number of nitrogens with two attached hydrogens (primary N) is 1. The molecule has 0 aromatic rings. The van der Waals surface area contributed by atoms with Crippen LogP contribution in [-0.2, 0) is 4.74 Å². The van der Waals surface area contributed by atoms with Crippen LogP contribution < -0.4 is 5.73 Å². The molecule has 0 saturated heterocycles. The van der Waals surface area contributed by atoms with E-state index in [1.54, 1.807) is 0 Å². The van der Waals surface area contributed by atoms with Crippen molar-refractivity contribution in [2.45, 2.75) is 52.7 Å².